The van der Waals surface area contributed by atoms with Crippen molar-refractivity contribution < 1.29 is 17.9 Å². The Balaban J connectivity index is 1.33. The molecule has 3 aromatic carbocycles. The maximum Gasteiger partial charge on any atom is 0.229 e. The maximum absolute atomic E-state index is 12.0. The van der Waals surface area contributed by atoms with Gasteiger partial charge in [0.25, 0.3) is 0 Å². The first kappa shape index (κ1) is 31.9. The lowest BCUT2D eigenvalue weighted by Crippen LogP contribution is -2.24. The summed E-state index contributed by atoms with van der Waals surface area (Å²) in [5.74, 6) is 2.69. The first-order valence-electron chi connectivity index (χ1n) is 14.8. The van der Waals surface area contributed by atoms with Crippen molar-refractivity contribution in [3.63, 3.8) is 0 Å². The Labute approximate surface area is 270 Å². The molecule has 1 aromatic heterocycles. The van der Waals surface area contributed by atoms with Crippen LogP contribution >= 0.6 is 11.3 Å². The number of anilines is 2. The average molecular weight is 640 g/mol. The highest BCUT2D eigenvalue weighted by atomic mass is 32.2. The molecule has 0 fully saturated rings. The Kier molecular flexibility index (Phi) is 10.3. The highest BCUT2D eigenvalue weighted by Gasteiger charge is 2.19. The smallest absolute Gasteiger partial charge is 0.229 e. The molecule has 1 N–H and O–H groups in total. The molecule has 7 nitrogen and oxygen atoms in total. The van der Waals surface area contributed by atoms with Gasteiger partial charge in [-0.3, -0.25) is 4.72 Å². The van der Waals surface area contributed by atoms with Crippen molar-refractivity contribution in [2.75, 3.05) is 22.5 Å². The molecule has 232 valence electrons. The molecule has 0 aliphatic heterocycles. The number of benzene rings is 3. The third-order valence-electron chi connectivity index (χ3n) is 7.66. The van der Waals surface area contributed by atoms with E-state index in [-0.39, 0.29) is 5.92 Å². The molecule has 4 aromatic rings. The van der Waals surface area contributed by atoms with Gasteiger partial charge in [0.1, 0.15) is 17.3 Å². The molecule has 0 saturated carbocycles. The number of hydrogen-bond donors (Lipinski definition) is 1. The second-order valence-electron chi connectivity index (χ2n) is 11.2. The molecule has 45 heavy (non-hydrogen) atoms. The summed E-state index contributed by atoms with van der Waals surface area (Å²) in [6.07, 6.45) is 6.98. The van der Waals surface area contributed by atoms with Gasteiger partial charge in [-0.2, -0.15) is 16.6 Å². The van der Waals surface area contributed by atoms with Crippen LogP contribution in [0.25, 0.3) is 0 Å². The van der Waals surface area contributed by atoms with Crippen molar-refractivity contribution in [1.29, 1.82) is 5.26 Å². The van der Waals surface area contributed by atoms with E-state index in [0.29, 0.717) is 30.9 Å². The van der Waals surface area contributed by atoms with Crippen LogP contribution in [0.15, 0.2) is 107 Å². The fourth-order valence-electron chi connectivity index (χ4n) is 5.20. The number of ether oxygens (including phenoxy) is 2. The zero-order chi connectivity index (χ0) is 31.8. The largest absolute Gasteiger partial charge is 0.493 e. The number of nitrogens with zero attached hydrogens (tertiary/aromatic N) is 2. The van der Waals surface area contributed by atoms with Gasteiger partial charge in [-0.15, -0.1) is 0 Å². The fourth-order valence-corrected chi connectivity index (χ4v) is 6.52. The summed E-state index contributed by atoms with van der Waals surface area (Å²) in [7, 11) is -3.45. The van der Waals surface area contributed by atoms with Gasteiger partial charge >= 0.3 is 0 Å². The summed E-state index contributed by atoms with van der Waals surface area (Å²) >= 11 is 1.70. The van der Waals surface area contributed by atoms with Crippen LogP contribution in [0, 0.1) is 24.2 Å². The van der Waals surface area contributed by atoms with Crippen LogP contribution in [0.5, 0.6) is 5.75 Å². The second-order valence-corrected chi connectivity index (χ2v) is 13.7. The summed E-state index contributed by atoms with van der Waals surface area (Å²) in [4.78, 5) is 2.16. The normalized spacial score (nSPS) is 14.6. The van der Waals surface area contributed by atoms with Crippen molar-refractivity contribution in [3.8, 4) is 11.8 Å². The molecule has 0 bridgehead atoms. The lowest BCUT2D eigenvalue weighted by atomic mass is 10.00. The van der Waals surface area contributed by atoms with E-state index < -0.39 is 10.0 Å². The lowest BCUT2D eigenvalue weighted by molar-refractivity contribution is 0.219. The predicted octanol–water partition coefficient (Wildman–Crippen LogP) is 7.95. The van der Waals surface area contributed by atoms with E-state index in [0.717, 1.165) is 58.7 Å². The van der Waals surface area contributed by atoms with E-state index in [4.69, 9.17) is 9.47 Å². The van der Waals surface area contributed by atoms with Crippen LogP contribution in [0.2, 0.25) is 0 Å². The second kappa shape index (κ2) is 14.5. The molecule has 1 atom stereocenters. The first-order valence-corrected chi connectivity index (χ1v) is 17.6. The summed E-state index contributed by atoms with van der Waals surface area (Å²) in [5, 5.41) is 14.0. The van der Waals surface area contributed by atoms with Crippen LogP contribution < -0.4 is 14.4 Å². The molecule has 0 saturated heterocycles. The van der Waals surface area contributed by atoms with Crippen molar-refractivity contribution in [2.24, 2.45) is 5.92 Å². The zero-order valence-corrected chi connectivity index (χ0v) is 27.3. The van der Waals surface area contributed by atoms with E-state index >= 15 is 0 Å². The van der Waals surface area contributed by atoms with E-state index in [9.17, 15) is 13.7 Å². The van der Waals surface area contributed by atoms with Gasteiger partial charge in [0, 0.05) is 37.2 Å². The average Bonchev–Trinajstić information content (AvgIpc) is 3.54. The van der Waals surface area contributed by atoms with Crippen molar-refractivity contribution >= 4 is 32.7 Å². The SMILES string of the molecule is Cc1c(NS(C)(=O)=O)cccc1N(Cc1ccc(OC2=CC(OCCc3ccsc3)=CCC2C)cc1)Cc1ccccc1C#N. The lowest BCUT2D eigenvalue weighted by Gasteiger charge is -2.28. The molecular weight excluding hydrogens is 603 g/mol. The third-order valence-corrected chi connectivity index (χ3v) is 8.98. The third kappa shape index (κ3) is 8.78. The highest BCUT2D eigenvalue weighted by Crippen LogP contribution is 2.32. The van der Waals surface area contributed by atoms with Crippen molar-refractivity contribution in [2.45, 2.75) is 39.8 Å². The molecular formula is C36H37N3O4S2. The monoisotopic (exact) mass is 639 g/mol. The molecule has 1 heterocycles. The molecule has 1 aliphatic rings. The number of allylic oxidation sites excluding steroid dienone is 3. The number of hydrogen-bond acceptors (Lipinski definition) is 7. The van der Waals surface area contributed by atoms with E-state index in [1.54, 1.807) is 17.4 Å². The number of nitriles is 1. The van der Waals surface area contributed by atoms with Gasteiger partial charge in [0.05, 0.1) is 30.2 Å². The quantitative estimate of drug-likeness (QED) is 0.160. The van der Waals surface area contributed by atoms with Crippen LogP contribution in [-0.4, -0.2) is 21.3 Å². The number of sulfonamides is 1. The maximum atomic E-state index is 12.0. The van der Waals surface area contributed by atoms with Crippen LogP contribution in [-0.2, 0) is 34.3 Å². The van der Waals surface area contributed by atoms with Gasteiger partial charge in [0.2, 0.25) is 10.0 Å². The number of thiophene rings is 1. The Morgan fingerprint density at radius 2 is 1.82 bits per heavy atom. The van der Waals surface area contributed by atoms with Gasteiger partial charge in [-0.25, -0.2) is 8.42 Å². The molecule has 1 aliphatic carbocycles. The van der Waals surface area contributed by atoms with Gasteiger partial charge in [-0.05, 0) is 88.8 Å². The summed E-state index contributed by atoms with van der Waals surface area (Å²) in [6, 6.07) is 25.5. The van der Waals surface area contributed by atoms with Crippen molar-refractivity contribution in [1.82, 2.24) is 0 Å². The van der Waals surface area contributed by atoms with E-state index in [2.05, 4.69) is 45.5 Å². The van der Waals surface area contributed by atoms with Crippen LogP contribution in [0.1, 0.15) is 41.2 Å². The molecule has 5 rings (SSSR count). The Morgan fingerprint density at radius 3 is 2.56 bits per heavy atom. The van der Waals surface area contributed by atoms with Crippen LogP contribution in [0.3, 0.4) is 0 Å². The van der Waals surface area contributed by atoms with E-state index in [1.807, 2.05) is 73.7 Å². The van der Waals surface area contributed by atoms with Crippen molar-refractivity contribution in [3.05, 3.63) is 135 Å². The van der Waals surface area contributed by atoms with Gasteiger partial charge in [0.15, 0.2) is 0 Å². The minimum atomic E-state index is -3.45. The fraction of sp³-hybridized carbons (Fsp3) is 0.250. The highest BCUT2D eigenvalue weighted by molar-refractivity contribution is 7.92. The summed E-state index contributed by atoms with van der Waals surface area (Å²) in [5.41, 5.74) is 6.02. The Hall–Kier alpha value is -4.52. The molecule has 0 amide bonds. The van der Waals surface area contributed by atoms with E-state index in [1.165, 1.54) is 5.56 Å². The first-order chi connectivity index (χ1) is 21.7. The minimum absolute atomic E-state index is 0.236. The molecule has 9 heteroatoms. The minimum Gasteiger partial charge on any atom is -0.493 e. The van der Waals surface area contributed by atoms with Gasteiger partial charge < -0.3 is 14.4 Å². The summed E-state index contributed by atoms with van der Waals surface area (Å²) in [6.45, 7) is 5.67. The Bertz CT molecular complexity index is 1820. The molecule has 1 unspecified atom stereocenters. The number of rotatable bonds is 13. The standard InChI is InChI=1S/C36H37N3O4S2/c1-26-11-14-33(42-19-17-29-18-20-44-25-29)21-36(26)43-32-15-12-28(13-16-32)23-39(24-31-8-5-4-7-30(31)22-37)35-10-6-9-34(27(35)2)38-45(3,40)41/h4-10,12-16,18,20-21,25-26,38H,11,17,19,23-24H2,1-3H3. The summed E-state index contributed by atoms with van der Waals surface area (Å²) < 4.78 is 39.0. The molecule has 0 radical (unpaired) electrons. The number of nitrogens with one attached hydrogen (secondary N) is 1. The Morgan fingerprint density at radius 1 is 1.02 bits per heavy atom. The van der Waals surface area contributed by atoms with Crippen LogP contribution in [0.4, 0.5) is 11.4 Å². The predicted molar refractivity (Wildman–Crippen MR) is 182 cm³/mol. The zero-order valence-electron chi connectivity index (χ0n) is 25.7. The van der Waals surface area contributed by atoms with Gasteiger partial charge in [-0.1, -0.05) is 43.3 Å². The topological polar surface area (TPSA) is 91.7 Å². The molecule has 0 spiro atoms.